The van der Waals surface area contributed by atoms with Gasteiger partial charge in [0, 0.05) is 19.6 Å². The first kappa shape index (κ1) is 14.3. The molecule has 3 nitrogen and oxygen atoms in total. The van der Waals surface area contributed by atoms with Crippen LogP contribution in [0.2, 0.25) is 0 Å². The Morgan fingerprint density at radius 3 is 2.39 bits per heavy atom. The zero-order valence-electron chi connectivity index (χ0n) is 12.0. The molecule has 1 aliphatic heterocycles. The molecule has 2 rings (SSSR count). The molecule has 0 bridgehead atoms. The average molecular weight is 255 g/mol. The molecule has 0 radical (unpaired) electrons. The maximum atomic E-state index is 10.1. The number of rotatable bonds is 5. The fraction of sp³-hybridized carbons (Fsp3) is 1.00. The van der Waals surface area contributed by atoms with Crippen LogP contribution in [-0.4, -0.2) is 48.5 Å². The van der Waals surface area contributed by atoms with Gasteiger partial charge in [0.15, 0.2) is 0 Å². The number of likely N-dealkylation sites (tertiary alicyclic amines) is 1. The molecule has 0 amide bonds. The number of β-amino-alcohol motifs (C(OH)–C–C–N with tert-alkyl or cyclic N) is 1. The van der Waals surface area contributed by atoms with Crippen LogP contribution in [-0.2, 0) is 4.74 Å². The van der Waals surface area contributed by atoms with Crippen LogP contribution in [0.5, 0.6) is 0 Å². The third kappa shape index (κ3) is 4.52. The molecule has 1 aliphatic carbocycles. The number of aliphatic hydroxyl groups is 1. The highest BCUT2D eigenvalue weighted by molar-refractivity contribution is 4.77. The van der Waals surface area contributed by atoms with E-state index in [0.717, 1.165) is 31.5 Å². The second kappa shape index (κ2) is 6.88. The van der Waals surface area contributed by atoms with Crippen LogP contribution in [0.4, 0.5) is 0 Å². The second-order valence-corrected chi connectivity index (χ2v) is 6.56. The molecule has 2 fully saturated rings. The summed E-state index contributed by atoms with van der Waals surface area (Å²) < 4.78 is 5.78. The van der Waals surface area contributed by atoms with E-state index in [0.29, 0.717) is 12.7 Å². The van der Waals surface area contributed by atoms with Crippen LogP contribution < -0.4 is 0 Å². The van der Waals surface area contributed by atoms with Crippen molar-refractivity contribution < 1.29 is 9.84 Å². The van der Waals surface area contributed by atoms with E-state index in [1.165, 1.54) is 32.1 Å². The summed E-state index contributed by atoms with van der Waals surface area (Å²) in [7, 11) is 0. The van der Waals surface area contributed by atoms with Gasteiger partial charge in [-0.1, -0.05) is 26.7 Å². The summed E-state index contributed by atoms with van der Waals surface area (Å²) in [5.41, 5.74) is 0. The zero-order valence-corrected chi connectivity index (χ0v) is 12.0. The number of nitrogens with zero attached hydrogens (tertiary/aromatic N) is 1. The predicted molar refractivity (Wildman–Crippen MR) is 73.6 cm³/mol. The lowest BCUT2D eigenvalue weighted by Gasteiger charge is -2.36. The smallest absolute Gasteiger partial charge is 0.0900 e. The molecule has 3 atom stereocenters. The first-order valence-corrected chi connectivity index (χ1v) is 7.65. The topological polar surface area (TPSA) is 32.7 Å². The summed E-state index contributed by atoms with van der Waals surface area (Å²) in [4.78, 5) is 2.40. The highest BCUT2D eigenvalue weighted by atomic mass is 16.5. The Balaban J connectivity index is 1.64. The van der Waals surface area contributed by atoms with Crippen molar-refractivity contribution in [2.24, 2.45) is 11.8 Å². The van der Waals surface area contributed by atoms with E-state index >= 15 is 0 Å². The van der Waals surface area contributed by atoms with Crippen LogP contribution >= 0.6 is 0 Å². The maximum absolute atomic E-state index is 10.1. The molecule has 1 heterocycles. The Morgan fingerprint density at radius 1 is 1.17 bits per heavy atom. The van der Waals surface area contributed by atoms with Crippen molar-refractivity contribution in [1.29, 1.82) is 0 Å². The van der Waals surface area contributed by atoms with Crippen molar-refractivity contribution in [2.75, 3.05) is 26.2 Å². The minimum atomic E-state index is -0.317. The molecule has 1 saturated carbocycles. The number of ether oxygens (including phenoxy) is 1. The molecule has 0 aromatic heterocycles. The number of hydrogen-bond acceptors (Lipinski definition) is 3. The van der Waals surface area contributed by atoms with Crippen LogP contribution in [0.1, 0.15) is 46.0 Å². The van der Waals surface area contributed by atoms with Gasteiger partial charge in [0.2, 0.25) is 0 Å². The molecule has 106 valence electrons. The Morgan fingerprint density at radius 2 is 1.78 bits per heavy atom. The number of aliphatic hydroxyl groups excluding tert-OH is 1. The maximum Gasteiger partial charge on any atom is 0.0900 e. The first-order valence-electron chi connectivity index (χ1n) is 7.65. The summed E-state index contributed by atoms with van der Waals surface area (Å²) in [5, 5.41) is 10.1. The molecule has 1 saturated heterocycles. The van der Waals surface area contributed by atoms with Gasteiger partial charge in [0.05, 0.1) is 18.8 Å². The van der Waals surface area contributed by atoms with Crippen molar-refractivity contribution in [3.05, 3.63) is 0 Å². The second-order valence-electron chi connectivity index (χ2n) is 6.56. The van der Waals surface area contributed by atoms with Gasteiger partial charge < -0.3 is 14.7 Å². The van der Waals surface area contributed by atoms with Crippen molar-refractivity contribution in [3.8, 4) is 0 Å². The van der Waals surface area contributed by atoms with Gasteiger partial charge in [-0.3, -0.25) is 0 Å². The van der Waals surface area contributed by atoms with Crippen molar-refractivity contribution >= 4 is 0 Å². The van der Waals surface area contributed by atoms with Crippen LogP contribution in [0.3, 0.4) is 0 Å². The SMILES string of the molecule is C[C@@H]1C[C@H](C)CN(C[C@H](O)COC2CCCC2)C1. The molecular weight excluding hydrogens is 226 g/mol. The highest BCUT2D eigenvalue weighted by Crippen LogP contribution is 2.22. The molecule has 2 aliphatic rings. The van der Waals surface area contributed by atoms with Gasteiger partial charge >= 0.3 is 0 Å². The largest absolute Gasteiger partial charge is 0.389 e. The summed E-state index contributed by atoms with van der Waals surface area (Å²) >= 11 is 0. The van der Waals surface area contributed by atoms with Crippen LogP contribution in [0.15, 0.2) is 0 Å². The van der Waals surface area contributed by atoms with Crippen LogP contribution in [0, 0.1) is 11.8 Å². The molecule has 3 heteroatoms. The van der Waals surface area contributed by atoms with E-state index in [1.807, 2.05) is 0 Å². The third-order valence-electron chi connectivity index (χ3n) is 4.24. The molecule has 0 aromatic carbocycles. The standard InChI is InChI=1S/C15H29NO2/c1-12-7-13(2)9-16(8-12)10-14(17)11-18-15-5-3-4-6-15/h12-15,17H,3-11H2,1-2H3/t12-,13+,14-/m0/s1. The Hall–Kier alpha value is -0.120. The monoisotopic (exact) mass is 255 g/mol. The molecule has 0 unspecified atom stereocenters. The average Bonchev–Trinajstić information content (AvgIpc) is 2.77. The van der Waals surface area contributed by atoms with E-state index in [1.54, 1.807) is 0 Å². The zero-order chi connectivity index (χ0) is 13.0. The Labute approximate surface area is 112 Å². The summed E-state index contributed by atoms with van der Waals surface area (Å²) in [5.74, 6) is 1.52. The first-order chi connectivity index (χ1) is 8.63. The van der Waals surface area contributed by atoms with E-state index in [2.05, 4.69) is 18.7 Å². The van der Waals surface area contributed by atoms with Crippen molar-refractivity contribution in [2.45, 2.75) is 58.2 Å². The predicted octanol–water partition coefficient (Wildman–Crippen LogP) is 2.28. The number of hydrogen-bond donors (Lipinski definition) is 1. The lowest BCUT2D eigenvalue weighted by Crippen LogP contribution is -2.43. The summed E-state index contributed by atoms with van der Waals surface area (Å²) in [6, 6.07) is 0. The third-order valence-corrected chi connectivity index (χ3v) is 4.24. The summed E-state index contributed by atoms with van der Waals surface area (Å²) in [6.07, 6.45) is 6.38. The van der Waals surface area contributed by atoms with Gasteiger partial charge in [-0.2, -0.15) is 0 Å². The minimum absolute atomic E-state index is 0.317. The molecule has 18 heavy (non-hydrogen) atoms. The van der Waals surface area contributed by atoms with Gasteiger partial charge in [-0.25, -0.2) is 0 Å². The Bertz CT molecular complexity index is 231. The lowest BCUT2D eigenvalue weighted by atomic mass is 9.92. The molecule has 0 spiro atoms. The van der Waals surface area contributed by atoms with Gasteiger partial charge in [0.1, 0.15) is 0 Å². The quantitative estimate of drug-likeness (QED) is 0.818. The van der Waals surface area contributed by atoms with Gasteiger partial charge in [-0.05, 0) is 31.1 Å². The van der Waals surface area contributed by atoms with E-state index in [-0.39, 0.29) is 6.10 Å². The normalized spacial score (nSPS) is 32.8. The van der Waals surface area contributed by atoms with E-state index < -0.39 is 0 Å². The minimum Gasteiger partial charge on any atom is -0.389 e. The lowest BCUT2D eigenvalue weighted by molar-refractivity contribution is -0.0250. The molecule has 0 aromatic rings. The Kier molecular flexibility index (Phi) is 5.46. The van der Waals surface area contributed by atoms with Gasteiger partial charge in [-0.15, -0.1) is 0 Å². The van der Waals surface area contributed by atoms with Gasteiger partial charge in [0.25, 0.3) is 0 Å². The summed E-state index contributed by atoms with van der Waals surface area (Å²) in [6.45, 7) is 8.18. The highest BCUT2D eigenvalue weighted by Gasteiger charge is 2.24. The van der Waals surface area contributed by atoms with Crippen LogP contribution in [0.25, 0.3) is 0 Å². The fourth-order valence-corrected chi connectivity index (χ4v) is 3.59. The number of piperidine rings is 1. The van der Waals surface area contributed by atoms with E-state index in [9.17, 15) is 5.11 Å². The van der Waals surface area contributed by atoms with Crippen molar-refractivity contribution in [1.82, 2.24) is 4.90 Å². The van der Waals surface area contributed by atoms with E-state index in [4.69, 9.17) is 4.74 Å². The van der Waals surface area contributed by atoms with Crippen molar-refractivity contribution in [3.63, 3.8) is 0 Å². The molecule has 1 N–H and O–H groups in total. The fourth-order valence-electron chi connectivity index (χ4n) is 3.59. The molecular formula is C15H29NO2.